The summed E-state index contributed by atoms with van der Waals surface area (Å²) in [7, 11) is 15.4. The van der Waals surface area contributed by atoms with Gasteiger partial charge in [-0.15, -0.1) is 0 Å². The van der Waals surface area contributed by atoms with Crippen molar-refractivity contribution in [3.05, 3.63) is 136 Å². The van der Waals surface area contributed by atoms with Crippen molar-refractivity contribution in [2.45, 2.75) is 54.9 Å². The number of hydrogen-bond acceptors (Lipinski definition) is 16. The highest BCUT2D eigenvalue weighted by atomic mass is 16.5. The molecule has 0 aliphatic carbocycles. The number of ether oxygens (including phenoxy) is 13. The van der Waals surface area contributed by atoms with E-state index in [4.69, 9.17) is 61.6 Å². The summed E-state index contributed by atoms with van der Waals surface area (Å²) >= 11 is 0. The predicted octanol–water partition coefficient (Wildman–Crippen LogP) is 8.06. The molecule has 0 radical (unpaired) electrons. The molecule has 0 bridgehead atoms. The number of benzene rings is 6. The third-order valence-electron chi connectivity index (χ3n) is 13.7. The van der Waals surface area contributed by atoms with E-state index in [-0.39, 0.29) is 17.9 Å². The molecule has 0 saturated carbocycles. The lowest BCUT2D eigenvalue weighted by Gasteiger charge is -2.44. The second kappa shape index (κ2) is 20.1. The van der Waals surface area contributed by atoms with E-state index in [0.717, 1.165) is 0 Å². The number of methoxy groups -OCH3 is 10. The molecule has 0 fully saturated rings. The maximum atomic E-state index is 13.2. The van der Waals surface area contributed by atoms with E-state index in [1.165, 1.54) is 28.4 Å². The molecule has 0 amide bonds. The molecule has 3 heterocycles. The molecule has 0 saturated heterocycles. The second-order valence-electron chi connectivity index (χ2n) is 17.2. The maximum absolute atomic E-state index is 13.2. The minimum Gasteiger partial charge on any atom is -0.497 e. The molecule has 0 spiro atoms. The minimum atomic E-state index is -1.34. The van der Waals surface area contributed by atoms with Crippen LogP contribution in [0.25, 0.3) is 0 Å². The molecule has 6 aromatic rings. The Morgan fingerprint density at radius 3 is 1.28 bits per heavy atom. The van der Waals surface area contributed by atoms with Crippen molar-refractivity contribution < 1.29 is 76.9 Å². The van der Waals surface area contributed by atoms with Gasteiger partial charge in [-0.3, -0.25) is 0 Å². The summed E-state index contributed by atoms with van der Waals surface area (Å²) in [4.78, 5) is 0. The average molecular weight is 975 g/mol. The van der Waals surface area contributed by atoms with Crippen LogP contribution in [0.1, 0.15) is 74.7 Å². The first kappa shape index (κ1) is 48.6. The second-order valence-corrected chi connectivity index (χ2v) is 17.2. The summed E-state index contributed by atoms with van der Waals surface area (Å²) in [5.41, 5.74) is 4.17. The molecular formula is C55H58O16. The minimum absolute atomic E-state index is 0.0111. The Hall–Kier alpha value is -7.40. The monoisotopic (exact) mass is 974 g/mol. The quantitative estimate of drug-likeness (QED) is 0.0898. The van der Waals surface area contributed by atoms with Crippen LogP contribution in [-0.4, -0.2) is 105 Å². The Morgan fingerprint density at radius 2 is 0.817 bits per heavy atom. The van der Waals surface area contributed by atoms with Crippen LogP contribution in [0.5, 0.6) is 74.7 Å². The van der Waals surface area contributed by atoms with E-state index in [1.54, 1.807) is 115 Å². The Bertz CT molecular complexity index is 2920. The zero-order valence-corrected chi connectivity index (χ0v) is 41.1. The lowest BCUT2D eigenvalue weighted by Crippen LogP contribution is -2.40. The number of rotatable bonds is 15. The first-order chi connectivity index (χ1) is 34.5. The van der Waals surface area contributed by atoms with Crippen LogP contribution in [0.3, 0.4) is 0 Å². The third-order valence-corrected chi connectivity index (χ3v) is 13.7. The van der Waals surface area contributed by atoms with Crippen molar-refractivity contribution in [3.8, 4) is 74.7 Å². The maximum Gasteiger partial charge on any atom is 0.161 e. The first-order valence-corrected chi connectivity index (χ1v) is 22.9. The molecule has 3 N–H and O–H groups in total. The van der Waals surface area contributed by atoms with Gasteiger partial charge in [-0.1, -0.05) is 30.3 Å². The summed E-state index contributed by atoms with van der Waals surface area (Å²) in [5.74, 6) is 3.51. The van der Waals surface area contributed by atoms with Crippen molar-refractivity contribution >= 4 is 0 Å². The van der Waals surface area contributed by atoms with Gasteiger partial charge in [-0.05, 0) is 65.2 Å². The fourth-order valence-electron chi connectivity index (χ4n) is 10.3. The van der Waals surface area contributed by atoms with Crippen molar-refractivity contribution in [2.24, 2.45) is 0 Å². The van der Waals surface area contributed by atoms with Gasteiger partial charge in [0.15, 0.2) is 46.7 Å². The van der Waals surface area contributed by atoms with Crippen LogP contribution in [0.15, 0.2) is 91.0 Å². The first-order valence-electron chi connectivity index (χ1n) is 22.9. The van der Waals surface area contributed by atoms with E-state index in [1.807, 2.05) is 18.2 Å². The van der Waals surface area contributed by atoms with Gasteiger partial charge >= 0.3 is 0 Å². The highest BCUT2D eigenvalue weighted by Crippen LogP contribution is 2.62. The van der Waals surface area contributed by atoms with Gasteiger partial charge in [-0.25, -0.2) is 0 Å². The van der Waals surface area contributed by atoms with Gasteiger partial charge in [0.1, 0.15) is 58.6 Å². The van der Waals surface area contributed by atoms with Gasteiger partial charge in [0.25, 0.3) is 0 Å². The fourth-order valence-corrected chi connectivity index (χ4v) is 10.3. The van der Waals surface area contributed by atoms with Gasteiger partial charge in [0.2, 0.25) is 0 Å². The van der Waals surface area contributed by atoms with E-state index in [0.29, 0.717) is 108 Å². The van der Waals surface area contributed by atoms with Crippen LogP contribution >= 0.6 is 0 Å². The molecule has 3 aliphatic rings. The summed E-state index contributed by atoms with van der Waals surface area (Å²) in [6.45, 7) is 0. The zero-order chi connectivity index (χ0) is 50.2. The van der Waals surface area contributed by atoms with E-state index in [2.05, 4.69) is 0 Å². The van der Waals surface area contributed by atoms with E-state index in [9.17, 15) is 15.3 Å². The Balaban J connectivity index is 1.37. The molecule has 71 heavy (non-hydrogen) atoms. The topological polar surface area (TPSA) is 181 Å². The van der Waals surface area contributed by atoms with Gasteiger partial charge in [0.05, 0.1) is 77.2 Å². The summed E-state index contributed by atoms with van der Waals surface area (Å²) in [5, 5.41) is 38.7. The molecule has 0 unspecified atom stereocenters. The lowest BCUT2D eigenvalue weighted by atomic mass is 9.72. The Labute approximate surface area is 411 Å². The molecule has 16 nitrogen and oxygen atoms in total. The standard InChI is InChI=1S/C55H58O16/c1-59-30-14-16-32(39(24-30)64-6)44-46-54(71-52(49(44)58)29-13-20-38(63-5)43(23-29)67-9)34-26-35(56)50(27-11-18-36(61-3)41(21-27)65-7)70-53(34)47(55(46)68-10)45-33-17-15-31(60-2)25-40(33)69-51(48(45)57)28-12-19-37(62-4)42(22-28)66-8/h11-25,35,44-45,48-52,56-58H,26H2,1-10H3/t35-,44+,45-,48-,49-,50+,51+,52+/m0/s1. The highest BCUT2D eigenvalue weighted by molar-refractivity contribution is 5.72. The average Bonchev–Trinajstić information content (AvgIpc) is 3.41. The molecule has 16 heteroatoms. The number of aliphatic hydroxyl groups excluding tert-OH is 3. The molecule has 9 rings (SSSR count). The molecule has 8 atom stereocenters. The highest BCUT2D eigenvalue weighted by Gasteiger charge is 2.51. The zero-order valence-electron chi connectivity index (χ0n) is 41.1. The summed E-state index contributed by atoms with van der Waals surface area (Å²) in [6, 6.07) is 26.7. The van der Waals surface area contributed by atoms with Crippen LogP contribution in [0.4, 0.5) is 0 Å². The third kappa shape index (κ3) is 8.38. The Morgan fingerprint density at radius 1 is 0.394 bits per heavy atom. The predicted molar refractivity (Wildman–Crippen MR) is 260 cm³/mol. The summed E-state index contributed by atoms with van der Waals surface area (Å²) in [6.07, 6.45) is -6.88. The molecule has 0 aromatic heterocycles. The van der Waals surface area contributed by atoms with Crippen LogP contribution < -0.4 is 61.6 Å². The lowest BCUT2D eigenvalue weighted by molar-refractivity contribution is -0.00676. The van der Waals surface area contributed by atoms with Gasteiger partial charge in [0, 0.05) is 58.2 Å². The van der Waals surface area contributed by atoms with Crippen LogP contribution in [0.2, 0.25) is 0 Å². The number of fused-ring (bicyclic) bond motifs is 4. The normalized spacial score (nSPS) is 21.9. The largest absolute Gasteiger partial charge is 0.497 e. The van der Waals surface area contributed by atoms with Gasteiger partial charge < -0.3 is 76.9 Å². The summed E-state index contributed by atoms with van der Waals surface area (Å²) < 4.78 is 79.0. The van der Waals surface area contributed by atoms with Crippen LogP contribution in [0, 0.1) is 0 Å². The van der Waals surface area contributed by atoms with Gasteiger partial charge in [-0.2, -0.15) is 0 Å². The van der Waals surface area contributed by atoms with Crippen molar-refractivity contribution in [1.82, 2.24) is 0 Å². The number of hydrogen-bond donors (Lipinski definition) is 3. The van der Waals surface area contributed by atoms with E-state index < -0.39 is 48.5 Å². The van der Waals surface area contributed by atoms with Crippen LogP contribution in [-0.2, 0) is 6.42 Å². The van der Waals surface area contributed by atoms with Crippen molar-refractivity contribution in [2.75, 3.05) is 71.1 Å². The Kier molecular flexibility index (Phi) is 13.8. The molecule has 374 valence electrons. The number of aliphatic hydroxyl groups is 3. The van der Waals surface area contributed by atoms with Crippen molar-refractivity contribution in [1.29, 1.82) is 0 Å². The SMILES string of the molecule is COc1ccc([C@@H]2c3c(c4c(c([C@@H]5c6ccc(OC)cc6O[C@H](c6ccc(OC)c(OC)c6)[C@H]5O)c3OC)O[C@H](c3ccc(OC)c(OC)c3)[C@@H](O)C4)O[C@H](c3ccc(OC)c(OC)c3)[C@H]2O)c(OC)c1. The molecule has 6 aromatic carbocycles. The molecular weight excluding hydrogens is 917 g/mol. The molecule has 3 aliphatic heterocycles. The van der Waals surface area contributed by atoms with Crippen molar-refractivity contribution in [3.63, 3.8) is 0 Å². The smallest absolute Gasteiger partial charge is 0.161 e. The van der Waals surface area contributed by atoms with E-state index >= 15 is 0 Å². The fraction of sp³-hybridized carbons (Fsp3) is 0.345.